The summed E-state index contributed by atoms with van der Waals surface area (Å²) < 4.78 is 1.87. The van der Waals surface area contributed by atoms with Gasteiger partial charge in [0.2, 0.25) is 5.91 Å². The van der Waals surface area contributed by atoms with Gasteiger partial charge in [0.15, 0.2) is 18.9 Å². The standard InChI is InChI=1S/C21H21N3O6S/c25-10-7-15-19(27)24-16(21(28)29)17(31-20(15)24)13-3-1-12(2-4-13)11-23-8-5-14(6-9-23)18(26)22-30/h1-6,8-9,15-17,20,25H,7,10-11H2,(H2-,22,26,28,29,30)/p+1/t15-,16?,17?,20+/m0/s1. The zero-order chi connectivity index (χ0) is 22.1. The molecule has 9 nitrogen and oxygen atoms in total. The van der Waals surface area contributed by atoms with Crippen LogP contribution in [0.5, 0.6) is 0 Å². The van der Waals surface area contributed by atoms with Crippen molar-refractivity contribution < 1.29 is 34.4 Å². The number of aliphatic carboxylic acids is 1. The smallest absolute Gasteiger partial charge is 0.327 e. The molecule has 2 aliphatic rings. The van der Waals surface area contributed by atoms with Gasteiger partial charge in [-0.25, -0.2) is 14.8 Å². The van der Waals surface area contributed by atoms with Crippen molar-refractivity contribution in [1.82, 2.24) is 10.4 Å². The zero-order valence-corrected chi connectivity index (χ0v) is 17.2. The summed E-state index contributed by atoms with van der Waals surface area (Å²) in [5.41, 5.74) is 3.75. The van der Waals surface area contributed by atoms with Crippen molar-refractivity contribution in [1.29, 1.82) is 0 Å². The summed E-state index contributed by atoms with van der Waals surface area (Å²) in [5.74, 6) is -2.13. The Kier molecular flexibility index (Phi) is 5.94. The molecule has 0 spiro atoms. The third-order valence-corrected chi connectivity index (χ3v) is 7.34. The first-order valence-corrected chi connectivity index (χ1v) is 10.7. The van der Waals surface area contributed by atoms with Crippen LogP contribution >= 0.6 is 11.8 Å². The number of β-lactam (4-membered cyclic amide) rings is 1. The molecule has 2 unspecified atom stereocenters. The Balaban J connectivity index is 1.48. The lowest BCUT2D eigenvalue weighted by atomic mass is 9.91. The predicted molar refractivity (Wildman–Crippen MR) is 109 cm³/mol. The fraction of sp³-hybridized carbons (Fsp3) is 0.333. The van der Waals surface area contributed by atoms with Crippen LogP contribution in [0.25, 0.3) is 0 Å². The number of hydrogen-bond acceptors (Lipinski definition) is 6. The summed E-state index contributed by atoms with van der Waals surface area (Å²) in [4.78, 5) is 37.1. The maximum atomic E-state index is 12.4. The molecule has 2 fully saturated rings. The molecule has 2 aliphatic heterocycles. The monoisotopic (exact) mass is 444 g/mol. The second kappa shape index (κ2) is 8.66. The molecule has 2 saturated heterocycles. The van der Waals surface area contributed by atoms with Gasteiger partial charge in [-0.15, -0.1) is 11.8 Å². The van der Waals surface area contributed by atoms with Gasteiger partial charge < -0.3 is 15.1 Å². The third-order valence-electron chi connectivity index (χ3n) is 5.68. The van der Waals surface area contributed by atoms with Crippen molar-refractivity contribution in [3.63, 3.8) is 0 Å². The number of nitrogens with zero attached hydrogens (tertiary/aromatic N) is 2. The number of pyridine rings is 1. The number of aromatic nitrogens is 1. The molecule has 10 heteroatoms. The van der Waals surface area contributed by atoms with Gasteiger partial charge in [0, 0.05) is 24.3 Å². The normalized spacial score (nSPS) is 24.5. The van der Waals surface area contributed by atoms with Crippen molar-refractivity contribution in [3.05, 3.63) is 65.5 Å². The highest BCUT2D eigenvalue weighted by molar-refractivity contribution is 8.00. The molecule has 4 N–H and O–H groups in total. The minimum absolute atomic E-state index is 0.0955. The number of hydrogen-bond donors (Lipinski definition) is 4. The SMILES string of the molecule is O=C(NO)c1cc[n+](Cc2ccc(C3S[C@@H]4[C@@H](CCO)C(=O)N4C3C(=O)O)cc2)cc1. The molecular weight excluding hydrogens is 422 g/mol. The van der Waals surface area contributed by atoms with Gasteiger partial charge in [0.25, 0.3) is 5.91 Å². The molecule has 31 heavy (non-hydrogen) atoms. The number of carbonyl (C=O) groups is 3. The van der Waals surface area contributed by atoms with E-state index in [2.05, 4.69) is 0 Å². The molecule has 0 aliphatic carbocycles. The number of carbonyl (C=O) groups excluding carboxylic acids is 2. The van der Waals surface area contributed by atoms with E-state index in [1.54, 1.807) is 30.0 Å². The highest BCUT2D eigenvalue weighted by Gasteiger charge is 2.60. The first-order chi connectivity index (χ1) is 14.9. The number of carboxylic acids is 1. The average molecular weight is 444 g/mol. The highest BCUT2D eigenvalue weighted by atomic mass is 32.2. The van der Waals surface area contributed by atoms with Crippen LogP contribution in [0.2, 0.25) is 0 Å². The van der Waals surface area contributed by atoms with Crippen LogP contribution < -0.4 is 10.0 Å². The number of carboxylic acid groups (broad SMARTS) is 1. The number of rotatable bonds is 7. The van der Waals surface area contributed by atoms with Crippen LogP contribution in [0.15, 0.2) is 48.8 Å². The lowest BCUT2D eigenvalue weighted by molar-refractivity contribution is -0.688. The fourth-order valence-electron chi connectivity index (χ4n) is 4.09. The largest absolute Gasteiger partial charge is 0.480 e. The van der Waals surface area contributed by atoms with E-state index in [0.29, 0.717) is 18.5 Å². The summed E-state index contributed by atoms with van der Waals surface area (Å²) in [6, 6.07) is 9.87. The van der Waals surface area contributed by atoms with E-state index in [9.17, 15) is 24.6 Å². The van der Waals surface area contributed by atoms with Crippen molar-refractivity contribution in [3.8, 4) is 0 Å². The maximum absolute atomic E-state index is 12.4. The van der Waals surface area contributed by atoms with Crippen LogP contribution in [0, 0.1) is 5.92 Å². The number of aliphatic hydroxyl groups is 1. The van der Waals surface area contributed by atoms with E-state index < -0.39 is 17.9 Å². The number of fused-ring (bicyclic) bond motifs is 1. The maximum Gasteiger partial charge on any atom is 0.327 e. The van der Waals surface area contributed by atoms with Crippen LogP contribution in [0.3, 0.4) is 0 Å². The number of nitrogens with one attached hydrogen (secondary N) is 1. The van der Waals surface area contributed by atoms with Gasteiger partial charge in [-0.2, -0.15) is 0 Å². The molecule has 0 radical (unpaired) electrons. The van der Waals surface area contributed by atoms with Crippen LogP contribution in [-0.4, -0.2) is 56.1 Å². The summed E-state index contributed by atoms with van der Waals surface area (Å²) in [7, 11) is 0. The van der Waals surface area contributed by atoms with E-state index in [1.165, 1.54) is 16.7 Å². The first-order valence-electron chi connectivity index (χ1n) is 9.78. The zero-order valence-electron chi connectivity index (χ0n) is 16.4. The Bertz CT molecular complexity index is 997. The van der Waals surface area contributed by atoms with Crippen LogP contribution in [0.1, 0.15) is 33.2 Å². The number of aliphatic hydroxyl groups excluding tert-OH is 1. The number of thioether (sulfide) groups is 1. The third kappa shape index (κ3) is 3.89. The summed E-state index contributed by atoms with van der Waals surface area (Å²) >= 11 is 1.47. The van der Waals surface area contributed by atoms with Gasteiger partial charge in [0.05, 0.1) is 22.1 Å². The van der Waals surface area contributed by atoms with E-state index in [4.69, 9.17) is 5.21 Å². The Morgan fingerprint density at radius 3 is 2.39 bits per heavy atom. The molecule has 2 amide bonds. The Morgan fingerprint density at radius 1 is 1.13 bits per heavy atom. The van der Waals surface area contributed by atoms with E-state index >= 15 is 0 Å². The second-order valence-corrected chi connectivity index (χ2v) is 8.80. The molecule has 0 bridgehead atoms. The Hall–Kier alpha value is -2.95. The topological polar surface area (TPSA) is 131 Å². The minimum Gasteiger partial charge on any atom is -0.480 e. The lowest BCUT2D eigenvalue weighted by Crippen LogP contribution is -2.61. The number of benzene rings is 1. The van der Waals surface area contributed by atoms with E-state index in [1.807, 2.05) is 28.8 Å². The van der Waals surface area contributed by atoms with Gasteiger partial charge >= 0.3 is 5.97 Å². The minimum atomic E-state index is -1.03. The van der Waals surface area contributed by atoms with E-state index in [-0.39, 0.29) is 29.1 Å². The molecule has 1 aromatic heterocycles. The molecule has 2 aromatic rings. The number of amides is 2. The lowest BCUT2D eigenvalue weighted by Gasteiger charge is -2.43. The van der Waals surface area contributed by atoms with Crippen molar-refractivity contribution in [2.45, 2.75) is 29.6 Å². The quantitative estimate of drug-likeness (QED) is 0.212. The van der Waals surface area contributed by atoms with E-state index in [0.717, 1.165) is 11.1 Å². The van der Waals surface area contributed by atoms with Gasteiger partial charge in [-0.05, 0) is 12.0 Å². The van der Waals surface area contributed by atoms with Crippen molar-refractivity contribution in [2.24, 2.45) is 5.92 Å². The highest BCUT2D eigenvalue weighted by Crippen LogP contribution is 2.55. The van der Waals surface area contributed by atoms with Crippen LogP contribution in [-0.2, 0) is 16.1 Å². The fourth-order valence-corrected chi connectivity index (χ4v) is 5.91. The molecule has 3 heterocycles. The van der Waals surface area contributed by atoms with Gasteiger partial charge in [-0.3, -0.25) is 14.8 Å². The Labute approximate surface area is 182 Å². The molecule has 0 saturated carbocycles. The molecule has 4 rings (SSSR count). The number of hydroxylamine groups is 1. The Morgan fingerprint density at radius 2 is 1.81 bits per heavy atom. The molecule has 162 valence electrons. The van der Waals surface area contributed by atoms with Crippen molar-refractivity contribution in [2.75, 3.05) is 6.61 Å². The summed E-state index contributed by atoms with van der Waals surface area (Å²) in [6.45, 7) is 0.453. The second-order valence-electron chi connectivity index (χ2n) is 7.54. The van der Waals surface area contributed by atoms with Crippen molar-refractivity contribution >= 4 is 29.5 Å². The summed E-state index contributed by atoms with van der Waals surface area (Å²) in [6.07, 6.45) is 3.80. The van der Waals surface area contributed by atoms with Crippen LogP contribution in [0.4, 0.5) is 0 Å². The van der Waals surface area contributed by atoms with Gasteiger partial charge in [0.1, 0.15) is 6.04 Å². The molecule has 1 aromatic carbocycles. The average Bonchev–Trinajstić information content (AvgIpc) is 3.14. The van der Waals surface area contributed by atoms with Gasteiger partial charge in [-0.1, -0.05) is 24.3 Å². The summed E-state index contributed by atoms with van der Waals surface area (Å²) in [5, 5.41) is 27.0. The molecular formula is C21H22N3O6S+. The first kappa shape index (κ1) is 21.3. The predicted octanol–water partition coefficient (Wildman–Crippen LogP) is 0.549. The molecule has 4 atom stereocenters.